The first-order chi connectivity index (χ1) is 9.13. The molecule has 0 unspecified atom stereocenters. The highest BCUT2D eigenvalue weighted by Crippen LogP contribution is 2.30. The Morgan fingerprint density at radius 1 is 1.42 bits per heavy atom. The second-order valence-corrected chi connectivity index (χ2v) is 8.08. The first kappa shape index (κ1) is 14.8. The molecule has 0 aromatic carbocycles. The highest BCUT2D eigenvalue weighted by molar-refractivity contribution is 8.01. The van der Waals surface area contributed by atoms with Crippen molar-refractivity contribution in [2.75, 3.05) is 5.32 Å². The lowest BCUT2D eigenvalue weighted by Crippen LogP contribution is -2.12. The predicted molar refractivity (Wildman–Crippen MR) is 80.7 cm³/mol. The first-order valence-corrected chi connectivity index (χ1v) is 8.63. The van der Waals surface area contributed by atoms with Crippen molar-refractivity contribution in [2.24, 2.45) is 5.92 Å². The molecule has 1 aliphatic carbocycles. The summed E-state index contributed by atoms with van der Waals surface area (Å²) in [5.74, 6) is 0.830. The van der Waals surface area contributed by atoms with Gasteiger partial charge in [0, 0.05) is 11.7 Å². The predicted octanol–water partition coefficient (Wildman–Crippen LogP) is 3.95. The highest BCUT2D eigenvalue weighted by atomic mass is 32.2. The molecule has 1 saturated carbocycles. The van der Waals surface area contributed by atoms with E-state index in [2.05, 4.69) is 29.4 Å². The van der Waals surface area contributed by atoms with Crippen LogP contribution in [0.4, 0.5) is 5.13 Å². The number of rotatable bonds is 6. The minimum absolute atomic E-state index is 0.0733. The zero-order valence-electron chi connectivity index (χ0n) is 11.5. The van der Waals surface area contributed by atoms with Gasteiger partial charge in [-0.05, 0) is 12.3 Å². The summed E-state index contributed by atoms with van der Waals surface area (Å²) in [6.07, 6.45) is 6.87. The van der Waals surface area contributed by atoms with Crippen LogP contribution >= 0.6 is 23.1 Å². The van der Waals surface area contributed by atoms with Gasteiger partial charge in [-0.15, -0.1) is 10.2 Å². The van der Waals surface area contributed by atoms with Gasteiger partial charge < -0.3 is 5.32 Å². The zero-order chi connectivity index (χ0) is 13.7. The Morgan fingerprint density at radius 3 is 2.84 bits per heavy atom. The maximum Gasteiger partial charge on any atom is 0.226 e. The third kappa shape index (κ3) is 5.10. The number of thioether (sulfide) groups is 1. The quantitative estimate of drug-likeness (QED) is 0.638. The molecule has 0 bridgehead atoms. The second kappa shape index (κ2) is 7.24. The molecule has 19 heavy (non-hydrogen) atoms. The third-order valence-electron chi connectivity index (χ3n) is 3.24. The van der Waals surface area contributed by atoms with Gasteiger partial charge in [0.25, 0.3) is 0 Å². The van der Waals surface area contributed by atoms with Gasteiger partial charge >= 0.3 is 0 Å². The van der Waals surface area contributed by atoms with E-state index in [4.69, 9.17) is 0 Å². The number of hydrogen-bond acceptors (Lipinski definition) is 5. The van der Waals surface area contributed by atoms with E-state index in [1.165, 1.54) is 37.0 Å². The Morgan fingerprint density at radius 2 is 2.16 bits per heavy atom. The van der Waals surface area contributed by atoms with Crippen LogP contribution in [0.5, 0.6) is 0 Å². The summed E-state index contributed by atoms with van der Waals surface area (Å²) in [5.41, 5.74) is 0. The Labute approximate surface area is 122 Å². The average molecular weight is 299 g/mol. The van der Waals surface area contributed by atoms with Crippen LogP contribution in [0.1, 0.15) is 52.4 Å². The Bertz CT molecular complexity index is 414. The van der Waals surface area contributed by atoms with Crippen molar-refractivity contribution in [3.05, 3.63) is 0 Å². The normalized spacial score (nSPS) is 16.2. The van der Waals surface area contributed by atoms with Crippen molar-refractivity contribution < 1.29 is 4.79 Å². The van der Waals surface area contributed by atoms with E-state index in [1.807, 2.05) is 0 Å². The largest absolute Gasteiger partial charge is 0.301 e. The van der Waals surface area contributed by atoms with Gasteiger partial charge in [-0.1, -0.05) is 62.6 Å². The van der Waals surface area contributed by atoms with Gasteiger partial charge in [-0.25, -0.2) is 0 Å². The van der Waals surface area contributed by atoms with E-state index in [1.54, 1.807) is 11.8 Å². The van der Waals surface area contributed by atoms with Gasteiger partial charge in [-0.3, -0.25) is 4.79 Å². The van der Waals surface area contributed by atoms with Crippen molar-refractivity contribution >= 4 is 34.1 Å². The fraction of sp³-hybridized carbons (Fsp3) is 0.769. The van der Waals surface area contributed by atoms with E-state index < -0.39 is 0 Å². The first-order valence-electron chi connectivity index (χ1n) is 6.93. The molecule has 106 valence electrons. The second-order valence-electron chi connectivity index (χ2n) is 5.28. The summed E-state index contributed by atoms with van der Waals surface area (Å²) in [6, 6.07) is 0. The van der Waals surface area contributed by atoms with Crippen molar-refractivity contribution in [1.29, 1.82) is 0 Å². The molecule has 1 aromatic heterocycles. The number of nitrogens with zero attached hydrogens (tertiary/aromatic N) is 2. The number of amides is 1. The molecule has 1 aliphatic rings. The molecular formula is C13H21N3OS2. The molecule has 0 atom stereocenters. The highest BCUT2D eigenvalue weighted by Gasteiger charge is 2.17. The molecule has 1 N–H and O–H groups in total. The van der Waals surface area contributed by atoms with Gasteiger partial charge in [0.1, 0.15) is 0 Å². The summed E-state index contributed by atoms with van der Waals surface area (Å²) in [4.78, 5) is 11.8. The van der Waals surface area contributed by atoms with Crippen LogP contribution < -0.4 is 5.32 Å². The third-order valence-corrected chi connectivity index (χ3v) is 5.17. The maximum absolute atomic E-state index is 11.8. The van der Waals surface area contributed by atoms with Crippen molar-refractivity contribution in [2.45, 2.75) is 62.0 Å². The summed E-state index contributed by atoms with van der Waals surface area (Å²) in [6.45, 7) is 4.23. The summed E-state index contributed by atoms with van der Waals surface area (Å²) >= 11 is 3.13. The van der Waals surface area contributed by atoms with E-state index >= 15 is 0 Å². The Kier molecular flexibility index (Phi) is 5.63. The summed E-state index contributed by atoms with van der Waals surface area (Å²) in [7, 11) is 0. The number of aromatic nitrogens is 2. The van der Waals surface area contributed by atoms with Crippen LogP contribution in [0, 0.1) is 5.92 Å². The molecule has 0 saturated heterocycles. The van der Waals surface area contributed by atoms with Gasteiger partial charge in [0.05, 0.1) is 0 Å². The molecule has 0 aliphatic heterocycles. The van der Waals surface area contributed by atoms with Crippen LogP contribution in [0.3, 0.4) is 0 Å². The number of anilines is 1. The topological polar surface area (TPSA) is 54.9 Å². The van der Waals surface area contributed by atoms with E-state index in [0.717, 1.165) is 16.7 Å². The van der Waals surface area contributed by atoms with E-state index in [-0.39, 0.29) is 5.91 Å². The van der Waals surface area contributed by atoms with Gasteiger partial charge in [0.15, 0.2) is 4.34 Å². The fourth-order valence-corrected chi connectivity index (χ4v) is 4.32. The average Bonchev–Trinajstić information content (AvgIpc) is 2.97. The van der Waals surface area contributed by atoms with Crippen LogP contribution in [0.15, 0.2) is 4.34 Å². The van der Waals surface area contributed by atoms with Crippen LogP contribution in [-0.2, 0) is 4.79 Å². The van der Waals surface area contributed by atoms with Crippen LogP contribution in [0.2, 0.25) is 0 Å². The SMILES string of the molecule is CC(C)Sc1nnc(NC(=O)CCC2CCCC2)s1. The summed E-state index contributed by atoms with van der Waals surface area (Å²) in [5, 5.41) is 12.0. The van der Waals surface area contributed by atoms with Crippen LogP contribution in [-0.4, -0.2) is 21.4 Å². The number of carbonyl (C=O) groups is 1. The van der Waals surface area contributed by atoms with E-state index in [9.17, 15) is 4.79 Å². The summed E-state index contributed by atoms with van der Waals surface area (Å²) < 4.78 is 0.918. The number of carbonyl (C=O) groups excluding carboxylic acids is 1. The number of nitrogens with one attached hydrogen (secondary N) is 1. The van der Waals surface area contributed by atoms with Gasteiger partial charge in [0.2, 0.25) is 11.0 Å². The molecule has 0 spiro atoms. The lowest BCUT2D eigenvalue weighted by molar-refractivity contribution is -0.116. The Hall–Kier alpha value is -0.620. The smallest absolute Gasteiger partial charge is 0.226 e. The van der Waals surface area contributed by atoms with E-state index in [0.29, 0.717) is 16.8 Å². The minimum atomic E-state index is 0.0733. The zero-order valence-corrected chi connectivity index (χ0v) is 13.1. The molecule has 1 heterocycles. The van der Waals surface area contributed by atoms with Gasteiger partial charge in [-0.2, -0.15) is 0 Å². The van der Waals surface area contributed by atoms with Crippen molar-refractivity contribution in [1.82, 2.24) is 10.2 Å². The van der Waals surface area contributed by atoms with Crippen molar-refractivity contribution in [3.8, 4) is 0 Å². The fourth-order valence-electron chi connectivity index (χ4n) is 2.33. The van der Waals surface area contributed by atoms with Crippen LogP contribution in [0.25, 0.3) is 0 Å². The lowest BCUT2D eigenvalue weighted by atomic mass is 10.0. The molecule has 4 nitrogen and oxygen atoms in total. The monoisotopic (exact) mass is 299 g/mol. The molecule has 0 radical (unpaired) electrons. The molecule has 1 fully saturated rings. The number of hydrogen-bond donors (Lipinski definition) is 1. The standard InChI is InChI=1S/C13H21N3OS2/c1-9(2)18-13-16-15-12(19-13)14-11(17)8-7-10-5-3-4-6-10/h9-10H,3-8H2,1-2H3,(H,14,15,17). The molecule has 1 aromatic rings. The van der Waals surface area contributed by atoms with Crippen molar-refractivity contribution in [3.63, 3.8) is 0 Å². The Balaban J connectivity index is 1.73. The lowest BCUT2D eigenvalue weighted by Gasteiger charge is -2.07. The molecule has 6 heteroatoms. The maximum atomic E-state index is 11.8. The molecular weight excluding hydrogens is 278 g/mol. The minimum Gasteiger partial charge on any atom is -0.301 e. The molecule has 1 amide bonds. The molecule has 2 rings (SSSR count).